The molecule has 126 valence electrons. The fourth-order valence-electron chi connectivity index (χ4n) is 1.81. The van der Waals surface area contributed by atoms with Gasteiger partial charge in [0.2, 0.25) is 0 Å². The SMILES string of the molecule is CCOc1ccc(C(=O)NC(CCOC)C(=O)O)cc1[N+](=O)[O-]. The van der Waals surface area contributed by atoms with Crippen molar-refractivity contribution >= 4 is 17.6 Å². The van der Waals surface area contributed by atoms with Crippen LogP contribution in [-0.2, 0) is 9.53 Å². The molecule has 0 radical (unpaired) electrons. The number of amides is 1. The first kappa shape index (κ1) is 18.4. The van der Waals surface area contributed by atoms with Gasteiger partial charge in [0.1, 0.15) is 6.04 Å². The number of aliphatic carboxylic acids is 1. The fraction of sp³-hybridized carbons (Fsp3) is 0.429. The van der Waals surface area contributed by atoms with Crippen LogP contribution < -0.4 is 10.1 Å². The highest BCUT2D eigenvalue weighted by molar-refractivity contribution is 5.97. The normalized spacial score (nSPS) is 11.6. The van der Waals surface area contributed by atoms with Gasteiger partial charge in [0.05, 0.1) is 11.5 Å². The highest BCUT2D eigenvalue weighted by Crippen LogP contribution is 2.28. The Labute approximate surface area is 132 Å². The van der Waals surface area contributed by atoms with Gasteiger partial charge in [0.15, 0.2) is 5.75 Å². The van der Waals surface area contributed by atoms with Gasteiger partial charge in [0.25, 0.3) is 5.91 Å². The number of methoxy groups -OCH3 is 1. The van der Waals surface area contributed by atoms with Crippen LogP contribution in [0.15, 0.2) is 18.2 Å². The van der Waals surface area contributed by atoms with Gasteiger partial charge < -0.3 is 19.9 Å². The number of nitro groups is 1. The van der Waals surface area contributed by atoms with Gasteiger partial charge in [-0.1, -0.05) is 0 Å². The Morgan fingerprint density at radius 1 is 1.43 bits per heavy atom. The summed E-state index contributed by atoms with van der Waals surface area (Å²) < 4.78 is 9.90. The summed E-state index contributed by atoms with van der Waals surface area (Å²) in [5, 5.41) is 22.4. The fourth-order valence-corrected chi connectivity index (χ4v) is 1.81. The van der Waals surface area contributed by atoms with Crippen LogP contribution in [0.4, 0.5) is 5.69 Å². The van der Waals surface area contributed by atoms with E-state index in [2.05, 4.69) is 5.32 Å². The lowest BCUT2D eigenvalue weighted by atomic mass is 10.1. The molecule has 1 atom stereocenters. The second-order valence-electron chi connectivity index (χ2n) is 4.52. The van der Waals surface area contributed by atoms with Gasteiger partial charge in [-0.2, -0.15) is 0 Å². The van der Waals surface area contributed by atoms with E-state index in [0.29, 0.717) is 0 Å². The standard InChI is InChI=1S/C14H18N2O7/c1-3-23-12-5-4-9(8-11(12)16(20)21)13(17)15-10(14(18)19)6-7-22-2/h4-5,8,10H,3,6-7H2,1-2H3,(H,15,17)(H,18,19). The van der Waals surface area contributed by atoms with Crippen molar-refractivity contribution in [2.75, 3.05) is 20.3 Å². The van der Waals surface area contributed by atoms with E-state index >= 15 is 0 Å². The molecular weight excluding hydrogens is 308 g/mol. The number of carbonyl (C=O) groups is 2. The van der Waals surface area contributed by atoms with Crippen LogP contribution in [0.25, 0.3) is 0 Å². The minimum Gasteiger partial charge on any atom is -0.487 e. The summed E-state index contributed by atoms with van der Waals surface area (Å²) in [6, 6.07) is 2.55. The Balaban J connectivity index is 2.96. The third-order valence-electron chi connectivity index (χ3n) is 2.93. The van der Waals surface area contributed by atoms with Gasteiger partial charge in [0, 0.05) is 31.8 Å². The number of benzene rings is 1. The molecule has 9 heteroatoms. The summed E-state index contributed by atoms with van der Waals surface area (Å²) in [5.41, 5.74) is -0.382. The molecule has 0 bridgehead atoms. The number of hydrogen-bond acceptors (Lipinski definition) is 6. The van der Waals surface area contributed by atoms with Crippen LogP contribution in [0.1, 0.15) is 23.7 Å². The third kappa shape index (κ3) is 5.22. The molecule has 0 saturated heterocycles. The molecule has 23 heavy (non-hydrogen) atoms. The Kier molecular flexibility index (Phi) is 6.94. The van der Waals surface area contributed by atoms with Crippen LogP contribution >= 0.6 is 0 Å². The number of carboxylic acids is 1. The zero-order chi connectivity index (χ0) is 17.4. The lowest BCUT2D eigenvalue weighted by molar-refractivity contribution is -0.385. The highest BCUT2D eigenvalue weighted by atomic mass is 16.6. The predicted octanol–water partition coefficient (Wildman–Crippen LogP) is 1.21. The molecule has 0 aliphatic heterocycles. The molecule has 0 spiro atoms. The summed E-state index contributed by atoms with van der Waals surface area (Å²) in [4.78, 5) is 33.5. The molecule has 1 amide bonds. The van der Waals surface area contributed by atoms with E-state index in [1.54, 1.807) is 6.92 Å². The van der Waals surface area contributed by atoms with Crippen molar-refractivity contribution in [3.8, 4) is 5.75 Å². The molecule has 0 aromatic heterocycles. The van der Waals surface area contributed by atoms with E-state index in [1.165, 1.54) is 19.2 Å². The van der Waals surface area contributed by atoms with Crippen molar-refractivity contribution in [2.45, 2.75) is 19.4 Å². The molecule has 1 aromatic rings. The summed E-state index contributed by atoms with van der Waals surface area (Å²) >= 11 is 0. The van der Waals surface area contributed by atoms with E-state index in [1.807, 2.05) is 0 Å². The van der Waals surface area contributed by atoms with Gasteiger partial charge in [-0.05, 0) is 19.1 Å². The first-order chi connectivity index (χ1) is 10.9. The molecule has 0 aliphatic rings. The largest absolute Gasteiger partial charge is 0.487 e. The van der Waals surface area contributed by atoms with Crippen LogP contribution in [-0.4, -0.2) is 48.3 Å². The quantitative estimate of drug-likeness (QED) is 0.515. The maximum Gasteiger partial charge on any atom is 0.326 e. The molecule has 1 aromatic carbocycles. The Hall–Kier alpha value is -2.68. The van der Waals surface area contributed by atoms with Crippen molar-refractivity contribution < 1.29 is 29.1 Å². The van der Waals surface area contributed by atoms with Gasteiger partial charge in [-0.15, -0.1) is 0 Å². The third-order valence-corrected chi connectivity index (χ3v) is 2.93. The minimum absolute atomic E-state index is 0.0242. The number of ether oxygens (including phenoxy) is 2. The molecule has 1 rings (SSSR count). The Morgan fingerprint density at radius 3 is 2.65 bits per heavy atom. The van der Waals surface area contributed by atoms with Crippen LogP contribution in [0.3, 0.4) is 0 Å². The molecule has 9 nitrogen and oxygen atoms in total. The molecule has 2 N–H and O–H groups in total. The molecular formula is C14H18N2O7. The van der Waals surface area contributed by atoms with Crippen molar-refractivity contribution in [1.82, 2.24) is 5.32 Å². The maximum absolute atomic E-state index is 12.1. The zero-order valence-corrected chi connectivity index (χ0v) is 12.8. The van der Waals surface area contributed by atoms with Crippen molar-refractivity contribution in [1.29, 1.82) is 0 Å². The topological polar surface area (TPSA) is 128 Å². The van der Waals surface area contributed by atoms with E-state index in [9.17, 15) is 19.7 Å². The van der Waals surface area contributed by atoms with Crippen molar-refractivity contribution in [2.24, 2.45) is 0 Å². The number of rotatable bonds is 9. The lowest BCUT2D eigenvalue weighted by Gasteiger charge is -2.14. The smallest absolute Gasteiger partial charge is 0.326 e. The molecule has 0 heterocycles. The number of nitrogens with zero attached hydrogens (tertiary/aromatic N) is 1. The Morgan fingerprint density at radius 2 is 2.13 bits per heavy atom. The van der Waals surface area contributed by atoms with E-state index in [-0.39, 0.29) is 36.6 Å². The first-order valence-corrected chi connectivity index (χ1v) is 6.84. The van der Waals surface area contributed by atoms with Gasteiger partial charge in [-0.25, -0.2) is 4.79 Å². The number of carbonyl (C=O) groups excluding carboxylic acids is 1. The van der Waals surface area contributed by atoms with E-state index in [0.717, 1.165) is 6.07 Å². The van der Waals surface area contributed by atoms with Crippen molar-refractivity contribution in [3.05, 3.63) is 33.9 Å². The number of nitro benzene ring substituents is 1. The summed E-state index contributed by atoms with van der Waals surface area (Å²) in [7, 11) is 1.41. The summed E-state index contributed by atoms with van der Waals surface area (Å²) in [5.74, 6) is -1.89. The Bertz CT molecular complexity index is 588. The number of carboxylic acid groups (broad SMARTS) is 1. The molecule has 1 unspecified atom stereocenters. The number of nitrogens with one attached hydrogen (secondary N) is 1. The minimum atomic E-state index is -1.21. The first-order valence-electron chi connectivity index (χ1n) is 6.84. The van der Waals surface area contributed by atoms with Crippen molar-refractivity contribution in [3.63, 3.8) is 0 Å². The maximum atomic E-state index is 12.1. The van der Waals surface area contributed by atoms with Crippen LogP contribution in [0.2, 0.25) is 0 Å². The highest BCUT2D eigenvalue weighted by Gasteiger charge is 2.23. The number of hydrogen-bond donors (Lipinski definition) is 2. The zero-order valence-electron chi connectivity index (χ0n) is 12.8. The van der Waals surface area contributed by atoms with Gasteiger partial charge >= 0.3 is 11.7 Å². The second kappa shape index (κ2) is 8.69. The summed E-state index contributed by atoms with van der Waals surface area (Å²) in [6.45, 7) is 2.07. The summed E-state index contributed by atoms with van der Waals surface area (Å²) in [6.07, 6.45) is 0.0801. The average Bonchev–Trinajstić information content (AvgIpc) is 2.51. The van der Waals surface area contributed by atoms with Crippen LogP contribution in [0.5, 0.6) is 5.75 Å². The van der Waals surface area contributed by atoms with Gasteiger partial charge in [-0.3, -0.25) is 14.9 Å². The average molecular weight is 326 g/mol. The van der Waals surface area contributed by atoms with E-state index < -0.39 is 22.8 Å². The lowest BCUT2D eigenvalue weighted by Crippen LogP contribution is -2.41. The molecule has 0 saturated carbocycles. The molecule has 0 fully saturated rings. The monoisotopic (exact) mass is 326 g/mol. The van der Waals surface area contributed by atoms with Crippen LogP contribution in [0, 0.1) is 10.1 Å². The van der Waals surface area contributed by atoms with E-state index in [4.69, 9.17) is 14.6 Å². The predicted molar refractivity (Wildman–Crippen MR) is 79.6 cm³/mol. The molecule has 0 aliphatic carbocycles. The second-order valence-corrected chi connectivity index (χ2v) is 4.52.